The van der Waals surface area contributed by atoms with E-state index in [2.05, 4.69) is 34.7 Å². The van der Waals surface area contributed by atoms with Gasteiger partial charge in [0.15, 0.2) is 0 Å². The van der Waals surface area contributed by atoms with Crippen molar-refractivity contribution in [2.24, 2.45) is 7.05 Å². The van der Waals surface area contributed by atoms with Gasteiger partial charge in [-0.05, 0) is 38.7 Å². The Morgan fingerprint density at radius 3 is 2.84 bits per heavy atom. The normalized spacial score (nSPS) is 17.9. The van der Waals surface area contributed by atoms with E-state index in [-0.39, 0.29) is 5.91 Å². The number of imidazole rings is 1. The molecule has 0 aliphatic carbocycles. The summed E-state index contributed by atoms with van der Waals surface area (Å²) in [6.07, 6.45) is 8.36. The van der Waals surface area contributed by atoms with Gasteiger partial charge in [0.2, 0.25) is 5.91 Å². The summed E-state index contributed by atoms with van der Waals surface area (Å²) in [7, 11) is 1.96. The van der Waals surface area contributed by atoms with Gasteiger partial charge in [0.05, 0.1) is 11.7 Å². The highest BCUT2D eigenvalue weighted by Crippen LogP contribution is 2.24. The molecule has 6 heteroatoms. The Kier molecular flexibility index (Phi) is 5.25. The van der Waals surface area contributed by atoms with E-state index in [9.17, 15) is 4.79 Å². The molecule has 1 aliphatic heterocycles. The van der Waals surface area contributed by atoms with Gasteiger partial charge < -0.3 is 9.47 Å². The van der Waals surface area contributed by atoms with Gasteiger partial charge in [0, 0.05) is 51.1 Å². The van der Waals surface area contributed by atoms with Crippen molar-refractivity contribution in [2.45, 2.75) is 58.9 Å². The minimum absolute atomic E-state index is 0.255. The highest BCUT2D eigenvalue weighted by atomic mass is 16.2. The number of amides is 1. The number of carbonyl (C=O) groups is 1. The Morgan fingerprint density at radius 2 is 2.16 bits per heavy atom. The molecule has 1 fully saturated rings. The first-order valence-electron chi connectivity index (χ1n) is 9.29. The van der Waals surface area contributed by atoms with Gasteiger partial charge in [-0.15, -0.1) is 0 Å². The van der Waals surface area contributed by atoms with Crippen molar-refractivity contribution in [3.63, 3.8) is 0 Å². The number of likely N-dealkylation sites (tertiary alicyclic amines) is 1. The molecular weight excluding hydrogens is 314 g/mol. The molecule has 3 rings (SSSR count). The fraction of sp³-hybridized carbons (Fsp3) is 0.632. The summed E-state index contributed by atoms with van der Waals surface area (Å²) in [5.41, 5.74) is 3.41. The maximum absolute atomic E-state index is 12.7. The summed E-state index contributed by atoms with van der Waals surface area (Å²) in [6.45, 7) is 7.89. The number of carbonyl (C=O) groups excluding carboxylic acids is 1. The van der Waals surface area contributed by atoms with Crippen LogP contribution in [0.2, 0.25) is 0 Å². The van der Waals surface area contributed by atoms with Crippen LogP contribution in [-0.2, 0) is 24.7 Å². The summed E-state index contributed by atoms with van der Waals surface area (Å²) in [5.74, 6) is 1.37. The number of rotatable bonds is 5. The Bertz CT molecular complexity index is 745. The predicted octanol–water partition coefficient (Wildman–Crippen LogP) is 2.59. The van der Waals surface area contributed by atoms with Crippen LogP contribution >= 0.6 is 0 Å². The molecule has 0 aromatic carbocycles. The smallest absolute Gasteiger partial charge is 0.222 e. The third-order valence-corrected chi connectivity index (χ3v) is 5.46. The van der Waals surface area contributed by atoms with Crippen LogP contribution in [-0.4, -0.2) is 43.2 Å². The molecule has 0 bridgehead atoms. The molecule has 2 aromatic rings. The van der Waals surface area contributed by atoms with Gasteiger partial charge in [-0.2, -0.15) is 5.10 Å². The lowest BCUT2D eigenvalue weighted by Crippen LogP contribution is -2.41. The number of aromatic nitrogens is 4. The van der Waals surface area contributed by atoms with E-state index in [1.165, 1.54) is 5.56 Å². The second kappa shape index (κ2) is 7.42. The zero-order valence-corrected chi connectivity index (χ0v) is 15.8. The van der Waals surface area contributed by atoms with Crippen LogP contribution in [0, 0.1) is 13.8 Å². The second-order valence-corrected chi connectivity index (χ2v) is 7.01. The van der Waals surface area contributed by atoms with E-state index in [1.807, 2.05) is 29.7 Å². The summed E-state index contributed by atoms with van der Waals surface area (Å²) < 4.78 is 4.16. The maximum atomic E-state index is 12.7. The predicted molar refractivity (Wildman–Crippen MR) is 97.5 cm³/mol. The van der Waals surface area contributed by atoms with Crippen molar-refractivity contribution in [1.29, 1.82) is 0 Å². The van der Waals surface area contributed by atoms with Crippen LogP contribution in [0.1, 0.15) is 55.0 Å². The molecular formula is C19H29N5O. The van der Waals surface area contributed by atoms with Gasteiger partial charge in [0.25, 0.3) is 0 Å². The second-order valence-electron chi connectivity index (χ2n) is 7.01. The van der Waals surface area contributed by atoms with E-state index in [1.54, 1.807) is 0 Å². The largest absolute Gasteiger partial charge is 0.341 e. The first kappa shape index (κ1) is 17.7. The van der Waals surface area contributed by atoms with E-state index in [0.717, 1.165) is 56.0 Å². The molecule has 25 heavy (non-hydrogen) atoms. The average molecular weight is 343 g/mol. The van der Waals surface area contributed by atoms with Gasteiger partial charge in [0.1, 0.15) is 5.82 Å². The molecule has 0 unspecified atom stereocenters. The summed E-state index contributed by atoms with van der Waals surface area (Å²) >= 11 is 0. The number of hydrogen-bond acceptors (Lipinski definition) is 3. The molecule has 0 N–H and O–H groups in total. The molecule has 1 atom stereocenters. The minimum Gasteiger partial charge on any atom is -0.341 e. The van der Waals surface area contributed by atoms with E-state index < -0.39 is 0 Å². The molecule has 1 aliphatic rings. The minimum atomic E-state index is 0.255. The third-order valence-electron chi connectivity index (χ3n) is 5.46. The van der Waals surface area contributed by atoms with Crippen LogP contribution in [0.15, 0.2) is 12.4 Å². The van der Waals surface area contributed by atoms with Crippen molar-refractivity contribution in [1.82, 2.24) is 24.2 Å². The standard InChI is InChI=1S/C19H29N5O/c1-5-18-20-10-12-24(18)16-7-6-11-23(13-16)19(25)9-8-17-14(2)21-22(4)15(17)3/h10,12,16H,5-9,11,13H2,1-4H3/t16-/m1/s1. The monoisotopic (exact) mass is 343 g/mol. The first-order chi connectivity index (χ1) is 12.0. The quantitative estimate of drug-likeness (QED) is 0.838. The maximum Gasteiger partial charge on any atom is 0.222 e. The molecule has 6 nitrogen and oxygen atoms in total. The Morgan fingerprint density at radius 1 is 1.36 bits per heavy atom. The van der Waals surface area contributed by atoms with E-state index in [4.69, 9.17) is 0 Å². The third kappa shape index (κ3) is 3.62. The highest BCUT2D eigenvalue weighted by molar-refractivity contribution is 5.76. The van der Waals surface area contributed by atoms with Gasteiger partial charge >= 0.3 is 0 Å². The Hall–Kier alpha value is -2.11. The number of piperidine rings is 1. The van der Waals surface area contributed by atoms with E-state index in [0.29, 0.717) is 12.5 Å². The van der Waals surface area contributed by atoms with Crippen LogP contribution in [0.4, 0.5) is 0 Å². The molecule has 2 aromatic heterocycles. The fourth-order valence-corrected chi connectivity index (χ4v) is 3.93. The van der Waals surface area contributed by atoms with Crippen molar-refractivity contribution in [3.05, 3.63) is 35.2 Å². The fourth-order valence-electron chi connectivity index (χ4n) is 3.93. The molecule has 0 saturated carbocycles. The Balaban J connectivity index is 1.62. The lowest BCUT2D eigenvalue weighted by Gasteiger charge is -2.34. The van der Waals surface area contributed by atoms with Crippen LogP contribution in [0.3, 0.4) is 0 Å². The summed E-state index contributed by atoms with van der Waals surface area (Å²) in [6, 6.07) is 0.358. The molecule has 0 spiro atoms. The van der Waals surface area contributed by atoms with E-state index >= 15 is 0 Å². The van der Waals surface area contributed by atoms with Crippen LogP contribution in [0.25, 0.3) is 0 Å². The van der Waals surface area contributed by atoms with Gasteiger partial charge in [-0.1, -0.05) is 6.92 Å². The molecule has 1 saturated heterocycles. The molecule has 136 valence electrons. The molecule has 0 radical (unpaired) electrons. The molecule has 1 amide bonds. The van der Waals surface area contributed by atoms with Gasteiger partial charge in [-0.25, -0.2) is 4.98 Å². The number of hydrogen-bond donors (Lipinski definition) is 0. The zero-order chi connectivity index (χ0) is 18.0. The van der Waals surface area contributed by atoms with Crippen molar-refractivity contribution in [3.8, 4) is 0 Å². The highest BCUT2D eigenvalue weighted by Gasteiger charge is 2.25. The molecule has 3 heterocycles. The van der Waals surface area contributed by atoms with Crippen molar-refractivity contribution >= 4 is 5.91 Å². The zero-order valence-electron chi connectivity index (χ0n) is 15.8. The number of aryl methyl sites for hydroxylation is 3. The lowest BCUT2D eigenvalue weighted by atomic mass is 10.0. The van der Waals surface area contributed by atoms with Crippen molar-refractivity contribution in [2.75, 3.05) is 13.1 Å². The first-order valence-corrected chi connectivity index (χ1v) is 9.29. The van der Waals surface area contributed by atoms with Crippen LogP contribution < -0.4 is 0 Å². The van der Waals surface area contributed by atoms with Gasteiger partial charge in [-0.3, -0.25) is 9.48 Å². The lowest BCUT2D eigenvalue weighted by molar-refractivity contribution is -0.132. The topological polar surface area (TPSA) is 56.0 Å². The summed E-state index contributed by atoms with van der Waals surface area (Å²) in [4.78, 5) is 19.2. The SMILES string of the molecule is CCc1nccn1[C@@H]1CCCN(C(=O)CCc2c(C)nn(C)c2C)C1. The van der Waals surface area contributed by atoms with Crippen molar-refractivity contribution < 1.29 is 4.79 Å². The van der Waals surface area contributed by atoms with Crippen LogP contribution in [0.5, 0.6) is 0 Å². The Labute approximate surface area is 149 Å². The number of nitrogens with zero attached hydrogens (tertiary/aromatic N) is 5. The average Bonchev–Trinajstić information content (AvgIpc) is 3.18. The summed E-state index contributed by atoms with van der Waals surface area (Å²) in [5, 5.41) is 4.45.